The van der Waals surface area contributed by atoms with E-state index >= 15 is 0 Å². The molecule has 0 aliphatic carbocycles. The van der Waals surface area contributed by atoms with Crippen LogP contribution in [-0.2, 0) is 0 Å². The van der Waals surface area contributed by atoms with Gasteiger partial charge in [0.1, 0.15) is 11.6 Å². The molecular formula is C10H7F3N4S. The smallest absolute Gasteiger partial charge is 0.205 e. The number of hydrazone groups is 1. The molecule has 1 aromatic carbocycles. The molecule has 0 spiro atoms. The fourth-order valence-corrected chi connectivity index (χ4v) is 1.68. The number of halogens is 3. The third kappa shape index (κ3) is 2.77. The third-order valence-corrected chi connectivity index (χ3v) is 2.69. The van der Waals surface area contributed by atoms with Crippen LogP contribution in [0.3, 0.4) is 0 Å². The number of hydrogen-bond donors (Lipinski definition) is 2. The molecule has 0 aliphatic heterocycles. The summed E-state index contributed by atoms with van der Waals surface area (Å²) >= 11 is 1.21. The Balaban J connectivity index is 2.11. The van der Waals surface area contributed by atoms with Crippen molar-refractivity contribution in [2.45, 2.75) is 0 Å². The average Bonchev–Trinajstić information content (AvgIpc) is 2.71. The molecule has 2 aromatic rings. The first-order valence-corrected chi connectivity index (χ1v) is 5.59. The average molecular weight is 272 g/mol. The van der Waals surface area contributed by atoms with Gasteiger partial charge in [0.05, 0.1) is 6.21 Å². The molecule has 0 aliphatic rings. The van der Waals surface area contributed by atoms with Crippen LogP contribution in [-0.4, -0.2) is 11.2 Å². The number of nitrogen functional groups attached to an aromatic ring is 1. The van der Waals surface area contributed by atoms with Gasteiger partial charge in [0.15, 0.2) is 11.6 Å². The molecule has 0 amide bonds. The van der Waals surface area contributed by atoms with Crippen LogP contribution in [0.25, 0.3) is 0 Å². The van der Waals surface area contributed by atoms with Crippen molar-refractivity contribution in [3.63, 3.8) is 0 Å². The van der Waals surface area contributed by atoms with Crippen LogP contribution in [0, 0.1) is 17.5 Å². The third-order valence-electron chi connectivity index (χ3n) is 1.93. The topological polar surface area (TPSA) is 63.3 Å². The Hall–Kier alpha value is -2.09. The van der Waals surface area contributed by atoms with Crippen LogP contribution < -0.4 is 11.2 Å². The minimum atomic E-state index is -1.25. The van der Waals surface area contributed by atoms with Crippen LogP contribution in [0.1, 0.15) is 5.56 Å². The number of nitrogens with zero attached hydrogens (tertiary/aromatic N) is 2. The monoisotopic (exact) mass is 272 g/mol. The van der Waals surface area contributed by atoms with Crippen molar-refractivity contribution >= 4 is 28.5 Å². The van der Waals surface area contributed by atoms with Crippen molar-refractivity contribution in [3.8, 4) is 0 Å². The van der Waals surface area contributed by atoms with Gasteiger partial charge in [-0.1, -0.05) is 0 Å². The number of nitrogens with one attached hydrogen (secondary N) is 1. The highest BCUT2D eigenvalue weighted by molar-refractivity contribution is 7.14. The van der Waals surface area contributed by atoms with E-state index in [0.717, 1.165) is 6.21 Å². The summed E-state index contributed by atoms with van der Waals surface area (Å²) in [5, 5.41) is 5.65. The van der Waals surface area contributed by atoms with Gasteiger partial charge in [-0.3, -0.25) is 5.43 Å². The molecule has 0 fully saturated rings. The zero-order chi connectivity index (χ0) is 13.1. The van der Waals surface area contributed by atoms with Crippen LogP contribution in [0.15, 0.2) is 22.6 Å². The molecule has 2 rings (SSSR count). The molecule has 1 aromatic heterocycles. The van der Waals surface area contributed by atoms with Gasteiger partial charge in [-0.15, -0.1) is 11.3 Å². The lowest BCUT2D eigenvalue weighted by Crippen LogP contribution is -1.96. The van der Waals surface area contributed by atoms with Gasteiger partial charge in [-0.2, -0.15) is 5.10 Å². The van der Waals surface area contributed by atoms with Gasteiger partial charge in [0.25, 0.3) is 0 Å². The van der Waals surface area contributed by atoms with Crippen molar-refractivity contribution in [3.05, 3.63) is 40.5 Å². The molecule has 18 heavy (non-hydrogen) atoms. The summed E-state index contributed by atoms with van der Waals surface area (Å²) in [6.07, 6.45) is 1.02. The predicted molar refractivity (Wildman–Crippen MR) is 64.1 cm³/mol. The molecule has 3 N–H and O–H groups in total. The summed E-state index contributed by atoms with van der Waals surface area (Å²) < 4.78 is 38.7. The zero-order valence-corrected chi connectivity index (χ0v) is 9.64. The van der Waals surface area contributed by atoms with Crippen molar-refractivity contribution < 1.29 is 13.2 Å². The molecule has 4 nitrogen and oxygen atoms in total. The van der Waals surface area contributed by atoms with Crippen molar-refractivity contribution in [1.29, 1.82) is 0 Å². The summed E-state index contributed by atoms with van der Waals surface area (Å²) in [6, 6.07) is 1.17. The van der Waals surface area contributed by atoms with Gasteiger partial charge in [0.2, 0.25) is 5.13 Å². The van der Waals surface area contributed by atoms with Crippen molar-refractivity contribution in [2.75, 3.05) is 11.2 Å². The second-order valence-electron chi connectivity index (χ2n) is 3.24. The molecule has 94 valence electrons. The molecule has 0 unspecified atom stereocenters. The highest BCUT2D eigenvalue weighted by atomic mass is 32.1. The van der Waals surface area contributed by atoms with E-state index in [0.29, 0.717) is 23.1 Å². The van der Waals surface area contributed by atoms with Crippen molar-refractivity contribution in [2.24, 2.45) is 5.10 Å². The molecule has 0 saturated carbocycles. The van der Waals surface area contributed by atoms with E-state index in [9.17, 15) is 13.2 Å². The van der Waals surface area contributed by atoms with Gasteiger partial charge in [-0.25, -0.2) is 18.2 Å². The predicted octanol–water partition coefficient (Wildman–Crippen LogP) is 2.59. The Kier molecular flexibility index (Phi) is 3.47. The lowest BCUT2D eigenvalue weighted by atomic mass is 10.2. The molecule has 0 bridgehead atoms. The number of nitrogens with two attached hydrogens (primary N) is 1. The standard InChI is InChI=1S/C10H7F3N4S/c11-6-2-8(13)7(12)1-5(6)3-15-17-10-16-9(14)4-18-10/h1-4H,14H2,(H,16,17). The fraction of sp³-hybridized carbons (Fsp3) is 0. The van der Waals surface area contributed by atoms with E-state index in [1.54, 1.807) is 5.38 Å². The van der Waals surface area contributed by atoms with Crippen LogP contribution in [0.2, 0.25) is 0 Å². The maximum absolute atomic E-state index is 13.2. The van der Waals surface area contributed by atoms with Crippen LogP contribution in [0.4, 0.5) is 24.1 Å². The van der Waals surface area contributed by atoms with E-state index in [4.69, 9.17) is 5.73 Å². The first-order valence-electron chi connectivity index (χ1n) is 4.71. The molecule has 0 radical (unpaired) electrons. The minimum Gasteiger partial charge on any atom is -0.383 e. The largest absolute Gasteiger partial charge is 0.383 e. The first kappa shape index (κ1) is 12.4. The number of rotatable bonds is 3. The van der Waals surface area contributed by atoms with E-state index in [1.165, 1.54) is 11.3 Å². The van der Waals surface area contributed by atoms with Crippen LogP contribution in [0.5, 0.6) is 0 Å². The summed E-state index contributed by atoms with van der Waals surface area (Å²) in [6.45, 7) is 0. The van der Waals surface area contributed by atoms with E-state index < -0.39 is 17.5 Å². The normalized spacial score (nSPS) is 11.1. The molecule has 0 atom stereocenters. The number of aromatic nitrogens is 1. The molecule has 0 saturated heterocycles. The number of anilines is 2. The van der Waals surface area contributed by atoms with Gasteiger partial charge >= 0.3 is 0 Å². The Morgan fingerprint density at radius 2 is 1.94 bits per heavy atom. The Morgan fingerprint density at radius 3 is 2.61 bits per heavy atom. The van der Waals surface area contributed by atoms with Gasteiger partial charge < -0.3 is 5.73 Å². The Bertz CT molecular complexity index is 597. The van der Waals surface area contributed by atoms with E-state index in [-0.39, 0.29) is 5.56 Å². The molecule has 1 heterocycles. The van der Waals surface area contributed by atoms with E-state index in [2.05, 4.69) is 15.5 Å². The fourth-order valence-electron chi connectivity index (χ4n) is 1.13. The number of hydrogen-bond acceptors (Lipinski definition) is 5. The highest BCUT2D eigenvalue weighted by Crippen LogP contribution is 2.16. The second kappa shape index (κ2) is 5.05. The number of benzene rings is 1. The number of thiazole rings is 1. The van der Waals surface area contributed by atoms with Gasteiger partial charge in [-0.05, 0) is 6.07 Å². The Labute approximate surface area is 104 Å². The lowest BCUT2D eigenvalue weighted by molar-refractivity contribution is 0.494. The summed E-state index contributed by atoms with van der Waals surface area (Å²) in [5.41, 5.74) is 7.69. The maximum atomic E-state index is 13.2. The second-order valence-corrected chi connectivity index (χ2v) is 4.09. The lowest BCUT2D eigenvalue weighted by Gasteiger charge is -1.98. The highest BCUT2D eigenvalue weighted by Gasteiger charge is 2.07. The van der Waals surface area contributed by atoms with Gasteiger partial charge in [0, 0.05) is 17.0 Å². The van der Waals surface area contributed by atoms with Crippen molar-refractivity contribution in [1.82, 2.24) is 4.98 Å². The van der Waals surface area contributed by atoms with Crippen LogP contribution >= 0.6 is 11.3 Å². The summed E-state index contributed by atoms with van der Waals surface area (Å²) in [7, 11) is 0. The molecule has 8 heteroatoms. The first-order chi connectivity index (χ1) is 8.56. The summed E-state index contributed by atoms with van der Waals surface area (Å²) in [4.78, 5) is 3.84. The van der Waals surface area contributed by atoms with E-state index in [1.807, 2.05) is 0 Å². The SMILES string of the molecule is Nc1csc(NN=Cc2cc(F)c(F)cc2F)n1. The maximum Gasteiger partial charge on any atom is 0.205 e. The zero-order valence-electron chi connectivity index (χ0n) is 8.82. The molecular weight excluding hydrogens is 265 g/mol. The summed E-state index contributed by atoms with van der Waals surface area (Å²) in [5.74, 6) is -2.96. The Morgan fingerprint density at radius 1 is 1.22 bits per heavy atom. The minimum absolute atomic E-state index is 0.175. The quantitative estimate of drug-likeness (QED) is 0.513.